The molecule has 4 rings (SSSR count). The maximum absolute atomic E-state index is 13.0. The van der Waals surface area contributed by atoms with Gasteiger partial charge in [-0.3, -0.25) is 10.1 Å². The van der Waals surface area contributed by atoms with Gasteiger partial charge in [0.05, 0.1) is 9.79 Å². The van der Waals surface area contributed by atoms with Crippen molar-refractivity contribution in [2.45, 2.75) is 41.4 Å². The zero-order valence-electron chi connectivity index (χ0n) is 17.7. The van der Waals surface area contributed by atoms with Crippen LogP contribution in [0.25, 0.3) is 0 Å². The summed E-state index contributed by atoms with van der Waals surface area (Å²) in [4.78, 5) is 13.0. The second kappa shape index (κ2) is 9.04. The lowest BCUT2D eigenvalue weighted by molar-refractivity contribution is -0.119. The fourth-order valence-corrected chi connectivity index (χ4v) is 6.40. The summed E-state index contributed by atoms with van der Waals surface area (Å²) in [5.74, 6) is -1.34. The van der Waals surface area contributed by atoms with E-state index in [1.807, 2.05) is 6.92 Å². The van der Waals surface area contributed by atoms with Gasteiger partial charge < -0.3 is 4.42 Å². The molecule has 2 aromatic carbocycles. The second-order valence-corrected chi connectivity index (χ2v) is 11.5. The highest BCUT2D eigenvalue weighted by Crippen LogP contribution is 2.27. The molecule has 174 valence electrons. The van der Waals surface area contributed by atoms with Gasteiger partial charge in [-0.05, 0) is 44.0 Å². The predicted molar refractivity (Wildman–Crippen MR) is 118 cm³/mol. The number of hydrogen-bond donors (Lipinski definition) is 1. The van der Waals surface area contributed by atoms with Crippen LogP contribution in [-0.4, -0.2) is 49.8 Å². The Hall–Kier alpha value is -3.09. The van der Waals surface area contributed by atoms with Crippen LogP contribution in [0.3, 0.4) is 0 Å². The van der Waals surface area contributed by atoms with Crippen molar-refractivity contribution in [2.75, 3.05) is 11.9 Å². The van der Waals surface area contributed by atoms with Crippen molar-refractivity contribution < 1.29 is 26.0 Å². The molecule has 33 heavy (non-hydrogen) atoms. The highest BCUT2D eigenvalue weighted by molar-refractivity contribution is 7.90. The second-order valence-electron chi connectivity index (χ2n) is 7.65. The molecule has 1 fully saturated rings. The minimum absolute atomic E-state index is 0.108. The molecule has 12 heteroatoms. The molecule has 1 amide bonds. The maximum atomic E-state index is 13.0. The third-order valence-corrected chi connectivity index (χ3v) is 8.79. The van der Waals surface area contributed by atoms with E-state index in [1.165, 1.54) is 24.3 Å². The Balaban J connectivity index is 1.46. The van der Waals surface area contributed by atoms with Crippen molar-refractivity contribution in [3.05, 3.63) is 66.1 Å². The molecule has 1 saturated heterocycles. The van der Waals surface area contributed by atoms with E-state index in [-0.39, 0.29) is 28.2 Å². The minimum Gasteiger partial charge on any atom is -0.407 e. The van der Waals surface area contributed by atoms with E-state index < -0.39 is 37.6 Å². The highest BCUT2D eigenvalue weighted by atomic mass is 32.2. The van der Waals surface area contributed by atoms with Crippen LogP contribution in [0.2, 0.25) is 0 Å². The number of carbonyl (C=O) groups is 1. The number of amides is 1. The van der Waals surface area contributed by atoms with Gasteiger partial charge in [-0.25, -0.2) is 16.8 Å². The molecule has 1 aliphatic rings. The molecule has 0 bridgehead atoms. The summed E-state index contributed by atoms with van der Waals surface area (Å²) in [6, 6.07) is 13.0. The molecule has 0 saturated carbocycles. The van der Waals surface area contributed by atoms with Gasteiger partial charge in [0.15, 0.2) is 9.84 Å². The Kier molecular flexibility index (Phi) is 6.32. The number of aryl methyl sites for hydroxylation is 1. The Labute approximate surface area is 191 Å². The van der Waals surface area contributed by atoms with Crippen LogP contribution in [0.4, 0.5) is 6.01 Å². The van der Waals surface area contributed by atoms with Gasteiger partial charge >= 0.3 is 6.01 Å². The largest absolute Gasteiger partial charge is 0.407 e. The number of carbonyl (C=O) groups excluding carboxylic acids is 1. The van der Waals surface area contributed by atoms with Crippen LogP contribution in [0.15, 0.2) is 68.8 Å². The van der Waals surface area contributed by atoms with Crippen molar-refractivity contribution >= 4 is 31.8 Å². The molecule has 2 heterocycles. The first kappa shape index (κ1) is 23.1. The van der Waals surface area contributed by atoms with Gasteiger partial charge in [-0.1, -0.05) is 41.0 Å². The first-order valence-corrected chi connectivity index (χ1v) is 13.3. The molecular weight excluding hydrogens is 468 g/mol. The van der Waals surface area contributed by atoms with Gasteiger partial charge in [0.1, 0.15) is 11.8 Å². The normalized spacial score (nSPS) is 17.2. The fraction of sp³-hybridized carbons (Fsp3) is 0.286. The summed E-state index contributed by atoms with van der Waals surface area (Å²) in [5.41, 5.74) is 0.922. The van der Waals surface area contributed by atoms with Gasteiger partial charge in [-0.15, -0.1) is 5.10 Å². The van der Waals surface area contributed by atoms with Gasteiger partial charge in [0.2, 0.25) is 21.8 Å². The molecule has 1 atom stereocenters. The third kappa shape index (κ3) is 4.97. The number of benzene rings is 2. The van der Waals surface area contributed by atoms with E-state index in [1.54, 1.807) is 30.3 Å². The van der Waals surface area contributed by atoms with Crippen molar-refractivity contribution in [1.82, 2.24) is 14.5 Å². The minimum atomic E-state index is -3.86. The number of nitrogens with one attached hydrogen (secondary N) is 1. The van der Waals surface area contributed by atoms with Crippen LogP contribution in [-0.2, 0) is 30.4 Å². The Bertz CT molecular complexity index is 1350. The van der Waals surface area contributed by atoms with Crippen molar-refractivity contribution in [3.63, 3.8) is 0 Å². The van der Waals surface area contributed by atoms with Crippen LogP contribution in [0.5, 0.6) is 0 Å². The number of sulfonamides is 1. The summed E-state index contributed by atoms with van der Waals surface area (Å²) < 4.78 is 57.4. The summed E-state index contributed by atoms with van der Waals surface area (Å²) in [7, 11) is -7.57. The zero-order chi connectivity index (χ0) is 23.6. The van der Waals surface area contributed by atoms with Gasteiger partial charge in [-0.2, -0.15) is 4.31 Å². The number of anilines is 1. The van der Waals surface area contributed by atoms with Crippen LogP contribution in [0.1, 0.15) is 24.3 Å². The standard InChI is InChI=1S/C21H22N4O6S2/c1-15-9-11-17(12-10-15)33(29,30)25-13-5-8-18(25)20(26)22-21-24-23-19(31-21)14-32(27,28)16-6-3-2-4-7-16/h2-4,6-7,9-12,18H,5,8,13-14H2,1H3,(H,22,24,26). The maximum Gasteiger partial charge on any atom is 0.322 e. The Morgan fingerprint density at radius 1 is 1.03 bits per heavy atom. The molecule has 0 spiro atoms. The molecule has 10 nitrogen and oxygen atoms in total. The molecular formula is C21H22N4O6S2. The monoisotopic (exact) mass is 490 g/mol. The molecule has 0 aliphatic carbocycles. The molecule has 1 unspecified atom stereocenters. The first-order valence-electron chi connectivity index (χ1n) is 10.2. The summed E-state index contributed by atoms with van der Waals surface area (Å²) in [5, 5.41) is 9.78. The van der Waals surface area contributed by atoms with E-state index in [2.05, 4.69) is 15.5 Å². The number of sulfone groups is 1. The lowest BCUT2D eigenvalue weighted by Crippen LogP contribution is -2.43. The van der Waals surface area contributed by atoms with Gasteiger partial charge in [0.25, 0.3) is 0 Å². The lowest BCUT2D eigenvalue weighted by atomic mass is 10.2. The summed E-state index contributed by atoms with van der Waals surface area (Å²) >= 11 is 0. The Morgan fingerprint density at radius 2 is 1.73 bits per heavy atom. The van der Waals surface area contributed by atoms with Crippen molar-refractivity contribution in [1.29, 1.82) is 0 Å². The van der Waals surface area contributed by atoms with Crippen LogP contribution < -0.4 is 5.32 Å². The number of hydrogen-bond acceptors (Lipinski definition) is 8. The quantitative estimate of drug-likeness (QED) is 0.531. The fourth-order valence-electron chi connectivity index (χ4n) is 3.56. The highest BCUT2D eigenvalue weighted by Gasteiger charge is 2.40. The van der Waals surface area contributed by atoms with Crippen molar-refractivity contribution in [3.8, 4) is 0 Å². The first-order chi connectivity index (χ1) is 15.7. The summed E-state index contributed by atoms with van der Waals surface area (Å²) in [6.07, 6.45) is 0.855. The molecule has 0 radical (unpaired) electrons. The molecule has 3 aromatic rings. The third-order valence-electron chi connectivity index (χ3n) is 5.25. The predicted octanol–water partition coefficient (Wildman–Crippen LogP) is 2.14. The lowest BCUT2D eigenvalue weighted by Gasteiger charge is -2.22. The van der Waals surface area contributed by atoms with Crippen LogP contribution in [0, 0.1) is 6.92 Å². The average molecular weight is 491 g/mol. The Morgan fingerprint density at radius 3 is 2.42 bits per heavy atom. The SMILES string of the molecule is Cc1ccc(S(=O)(=O)N2CCCC2C(=O)Nc2nnc(CS(=O)(=O)c3ccccc3)o2)cc1. The molecule has 1 N–H and O–H groups in total. The smallest absolute Gasteiger partial charge is 0.322 e. The van der Waals surface area contributed by atoms with E-state index in [9.17, 15) is 21.6 Å². The van der Waals surface area contributed by atoms with E-state index in [4.69, 9.17) is 4.42 Å². The van der Waals surface area contributed by atoms with Crippen molar-refractivity contribution in [2.24, 2.45) is 0 Å². The summed E-state index contributed by atoms with van der Waals surface area (Å²) in [6.45, 7) is 2.06. The zero-order valence-corrected chi connectivity index (χ0v) is 19.3. The van der Waals surface area contributed by atoms with Gasteiger partial charge in [0, 0.05) is 6.54 Å². The van der Waals surface area contributed by atoms with E-state index >= 15 is 0 Å². The molecule has 1 aliphatic heterocycles. The molecule has 1 aromatic heterocycles. The van der Waals surface area contributed by atoms with E-state index in [0.717, 1.165) is 9.87 Å². The van der Waals surface area contributed by atoms with E-state index in [0.29, 0.717) is 12.8 Å². The average Bonchev–Trinajstić information content (AvgIpc) is 3.44. The van der Waals surface area contributed by atoms with Crippen LogP contribution >= 0.6 is 0 Å². The number of nitrogens with zero attached hydrogens (tertiary/aromatic N) is 3. The number of rotatable bonds is 7. The number of aromatic nitrogens is 2. The topological polar surface area (TPSA) is 140 Å².